The molecule has 2 aromatic heterocycles. The van der Waals surface area contributed by atoms with E-state index >= 15 is 0 Å². The van der Waals surface area contributed by atoms with Crippen molar-refractivity contribution in [2.45, 2.75) is 44.8 Å². The summed E-state index contributed by atoms with van der Waals surface area (Å²) in [6.07, 6.45) is -2.17. The first-order chi connectivity index (χ1) is 18.3. The quantitative estimate of drug-likeness (QED) is 0.291. The molecule has 3 heterocycles. The largest absolute Gasteiger partial charge is 0.417 e. The maximum Gasteiger partial charge on any atom is 0.417 e. The number of anilines is 2. The molecule has 0 bridgehead atoms. The number of Topliss-reactive ketones (excluding diaryl/α,β-unsaturated/α-hetero) is 1. The fraction of sp³-hybridized carbons (Fsp3) is 0.375. The number of benzene rings is 1. The molecule has 1 aliphatic heterocycles. The Hall–Kier alpha value is -2.84. The van der Waals surface area contributed by atoms with E-state index in [0.29, 0.717) is 18.2 Å². The molecule has 1 aromatic carbocycles. The molecule has 4 rings (SSSR count). The van der Waals surface area contributed by atoms with Crippen LogP contribution in [0.1, 0.15) is 51.0 Å². The van der Waals surface area contributed by atoms with Crippen LogP contribution in [0.15, 0.2) is 30.7 Å². The lowest BCUT2D eigenvalue weighted by Crippen LogP contribution is -2.26. The SMILES string of the molecule is CC1(C)OCC(CNc2ncnc(C(=O)CCc3ncc(C(=O)Nc4ccc(Cl)c(C(F)(F)F)c4)s3)c2Cl)O1. The molecule has 1 unspecified atom stereocenters. The summed E-state index contributed by atoms with van der Waals surface area (Å²) in [5, 5.41) is 5.52. The third-order valence-electron chi connectivity index (χ3n) is 5.49. The van der Waals surface area contributed by atoms with Crippen molar-refractivity contribution in [3.8, 4) is 0 Å². The van der Waals surface area contributed by atoms with Crippen molar-refractivity contribution in [2.24, 2.45) is 0 Å². The highest BCUT2D eigenvalue weighted by molar-refractivity contribution is 7.13. The van der Waals surface area contributed by atoms with E-state index in [1.165, 1.54) is 18.6 Å². The van der Waals surface area contributed by atoms with Crippen LogP contribution in [0, 0.1) is 0 Å². The van der Waals surface area contributed by atoms with Gasteiger partial charge in [-0.15, -0.1) is 11.3 Å². The number of rotatable bonds is 9. The topological polar surface area (TPSA) is 115 Å². The highest BCUT2D eigenvalue weighted by atomic mass is 35.5. The number of nitrogens with zero attached hydrogens (tertiary/aromatic N) is 3. The van der Waals surface area contributed by atoms with Crippen molar-refractivity contribution in [1.82, 2.24) is 15.0 Å². The average Bonchev–Trinajstić information content (AvgIpc) is 3.48. The minimum Gasteiger partial charge on any atom is -0.366 e. The van der Waals surface area contributed by atoms with Gasteiger partial charge in [-0.25, -0.2) is 15.0 Å². The zero-order valence-corrected chi connectivity index (χ0v) is 22.9. The third kappa shape index (κ3) is 7.42. The number of nitrogens with one attached hydrogen (secondary N) is 2. The van der Waals surface area contributed by atoms with E-state index in [9.17, 15) is 22.8 Å². The Kier molecular flexibility index (Phi) is 8.76. The maximum absolute atomic E-state index is 13.1. The fourth-order valence-electron chi connectivity index (χ4n) is 3.64. The normalized spacial score (nSPS) is 16.7. The number of thiazole rings is 1. The third-order valence-corrected chi connectivity index (χ3v) is 7.23. The predicted octanol–water partition coefficient (Wildman–Crippen LogP) is 5.89. The molecule has 9 nitrogen and oxygen atoms in total. The first-order valence-corrected chi connectivity index (χ1v) is 13.1. The molecule has 1 saturated heterocycles. The number of ketones is 1. The number of hydrogen-bond acceptors (Lipinski definition) is 9. The predicted molar refractivity (Wildman–Crippen MR) is 140 cm³/mol. The van der Waals surface area contributed by atoms with Gasteiger partial charge in [-0.05, 0) is 32.0 Å². The summed E-state index contributed by atoms with van der Waals surface area (Å²) in [6, 6.07) is 3.07. The molecule has 0 spiro atoms. The lowest BCUT2D eigenvalue weighted by atomic mass is 10.1. The summed E-state index contributed by atoms with van der Waals surface area (Å²) in [4.78, 5) is 37.7. The van der Waals surface area contributed by atoms with Gasteiger partial charge in [0.25, 0.3) is 5.91 Å². The van der Waals surface area contributed by atoms with Gasteiger partial charge in [0, 0.05) is 25.1 Å². The average molecular weight is 604 g/mol. The molecule has 1 amide bonds. The summed E-state index contributed by atoms with van der Waals surface area (Å²) in [7, 11) is 0. The number of carbonyl (C=O) groups excluding carboxylic acids is 2. The molecule has 0 aliphatic carbocycles. The van der Waals surface area contributed by atoms with Crippen LogP contribution >= 0.6 is 34.5 Å². The van der Waals surface area contributed by atoms with E-state index in [2.05, 4.69) is 25.6 Å². The van der Waals surface area contributed by atoms with Gasteiger partial charge >= 0.3 is 6.18 Å². The Morgan fingerprint density at radius 2 is 1.97 bits per heavy atom. The van der Waals surface area contributed by atoms with Crippen molar-refractivity contribution in [3.63, 3.8) is 0 Å². The molecule has 2 N–H and O–H groups in total. The van der Waals surface area contributed by atoms with Crippen LogP contribution < -0.4 is 10.6 Å². The Morgan fingerprint density at radius 3 is 2.67 bits per heavy atom. The Labute approximate surface area is 235 Å². The van der Waals surface area contributed by atoms with Crippen LogP contribution in [-0.4, -0.2) is 51.7 Å². The molecule has 208 valence electrons. The maximum atomic E-state index is 13.1. The number of ether oxygens (including phenoxy) is 2. The molecular formula is C24H22Cl2F3N5O4S. The van der Waals surface area contributed by atoms with Crippen LogP contribution in [0.5, 0.6) is 0 Å². The molecule has 1 aliphatic rings. The number of carbonyl (C=O) groups is 2. The second-order valence-corrected chi connectivity index (χ2v) is 10.8. The summed E-state index contributed by atoms with van der Waals surface area (Å²) in [5.74, 6) is -1.39. The van der Waals surface area contributed by atoms with Gasteiger partial charge in [-0.2, -0.15) is 13.2 Å². The summed E-state index contributed by atoms with van der Waals surface area (Å²) >= 11 is 13.0. The van der Waals surface area contributed by atoms with E-state index < -0.39 is 28.5 Å². The van der Waals surface area contributed by atoms with Gasteiger partial charge in [0.05, 0.1) is 28.4 Å². The number of alkyl halides is 3. The molecule has 0 saturated carbocycles. The zero-order chi connectivity index (χ0) is 28.4. The highest BCUT2D eigenvalue weighted by Crippen LogP contribution is 2.36. The van der Waals surface area contributed by atoms with Crippen LogP contribution in [0.2, 0.25) is 10.0 Å². The van der Waals surface area contributed by atoms with Crippen LogP contribution in [0.25, 0.3) is 0 Å². The van der Waals surface area contributed by atoms with Gasteiger partial charge in [0.2, 0.25) is 0 Å². The number of aryl methyl sites for hydroxylation is 1. The van der Waals surface area contributed by atoms with Crippen molar-refractivity contribution in [2.75, 3.05) is 23.8 Å². The molecule has 0 radical (unpaired) electrons. The highest BCUT2D eigenvalue weighted by Gasteiger charge is 2.34. The van der Waals surface area contributed by atoms with Crippen molar-refractivity contribution in [3.05, 3.63) is 61.9 Å². The minimum absolute atomic E-state index is 0.00460. The summed E-state index contributed by atoms with van der Waals surface area (Å²) in [6.45, 7) is 4.39. The molecular weight excluding hydrogens is 582 g/mol. The zero-order valence-electron chi connectivity index (χ0n) is 20.6. The fourth-order valence-corrected chi connectivity index (χ4v) is 4.95. The van der Waals surface area contributed by atoms with Gasteiger partial charge in [-0.3, -0.25) is 9.59 Å². The van der Waals surface area contributed by atoms with E-state index in [0.717, 1.165) is 23.5 Å². The van der Waals surface area contributed by atoms with E-state index in [1.54, 1.807) is 0 Å². The van der Waals surface area contributed by atoms with Gasteiger partial charge < -0.3 is 20.1 Å². The van der Waals surface area contributed by atoms with Gasteiger partial charge in [0.15, 0.2) is 11.6 Å². The van der Waals surface area contributed by atoms with E-state index in [-0.39, 0.29) is 51.8 Å². The van der Waals surface area contributed by atoms with Crippen molar-refractivity contribution in [1.29, 1.82) is 0 Å². The molecule has 1 atom stereocenters. The van der Waals surface area contributed by atoms with Crippen molar-refractivity contribution >= 4 is 57.7 Å². The molecule has 39 heavy (non-hydrogen) atoms. The standard InChI is InChI=1S/C24H22Cl2F3N5O4S/c1-23(2)37-10-13(38-23)8-31-21-19(26)20(32-11-33-21)16(35)5-6-18-30-9-17(39-18)22(36)34-12-3-4-15(25)14(7-12)24(27,28)29/h3-4,7,9,11,13H,5-6,8,10H2,1-2H3,(H,34,36)(H,31,32,33). The smallest absolute Gasteiger partial charge is 0.366 e. The minimum atomic E-state index is -4.66. The Morgan fingerprint density at radius 1 is 1.21 bits per heavy atom. The van der Waals surface area contributed by atoms with Crippen LogP contribution in [-0.2, 0) is 22.1 Å². The monoisotopic (exact) mass is 603 g/mol. The molecule has 1 fully saturated rings. The van der Waals surface area contributed by atoms with Crippen LogP contribution in [0.3, 0.4) is 0 Å². The lowest BCUT2D eigenvalue weighted by molar-refractivity contribution is -0.137. The van der Waals surface area contributed by atoms with Gasteiger partial charge in [-0.1, -0.05) is 23.2 Å². The number of halogens is 5. The number of amides is 1. The first-order valence-electron chi connectivity index (χ1n) is 11.5. The molecule has 3 aromatic rings. The van der Waals surface area contributed by atoms with Crippen LogP contribution in [0.4, 0.5) is 24.7 Å². The second kappa shape index (κ2) is 11.7. The number of hydrogen-bond donors (Lipinski definition) is 2. The lowest BCUT2D eigenvalue weighted by Gasteiger charge is -2.17. The van der Waals surface area contributed by atoms with Gasteiger partial charge in [0.1, 0.15) is 33.8 Å². The Balaban J connectivity index is 1.33. The number of aromatic nitrogens is 3. The van der Waals surface area contributed by atoms with Crippen molar-refractivity contribution < 1.29 is 32.2 Å². The first kappa shape index (κ1) is 29.2. The summed E-state index contributed by atoms with van der Waals surface area (Å²) < 4.78 is 50.5. The summed E-state index contributed by atoms with van der Waals surface area (Å²) in [5.41, 5.74) is -1.09. The second-order valence-electron chi connectivity index (χ2n) is 8.90. The van der Waals surface area contributed by atoms with E-state index in [1.807, 2.05) is 13.8 Å². The Bertz CT molecular complexity index is 1390. The van der Waals surface area contributed by atoms with E-state index in [4.69, 9.17) is 32.7 Å². The molecule has 15 heteroatoms.